The standard InChI is InChI=1S/C23H48N2O/c1-7-19-15-24(11-5,16-20(19)8-2)14-13-23(26)25(12-6)17-21(9-3)22(10-4)18-25/h19-23,26H,7-18H2,1-6H3/q+2. The number of nitrogens with zero attached hydrogens (tertiary/aromatic N) is 2. The van der Waals surface area contributed by atoms with Crippen molar-refractivity contribution in [1.82, 2.24) is 0 Å². The van der Waals surface area contributed by atoms with Gasteiger partial charge in [-0.15, -0.1) is 0 Å². The van der Waals surface area contributed by atoms with Gasteiger partial charge in [-0.1, -0.05) is 27.7 Å². The lowest BCUT2D eigenvalue weighted by Gasteiger charge is -2.41. The maximum absolute atomic E-state index is 11.3. The fourth-order valence-corrected chi connectivity index (χ4v) is 6.50. The summed E-state index contributed by atoms with van der Waals surface area (Å²) >= 11 is 0. The van der Waals surface area contributed by atoms with Gasteiger partial charge in [-0.25, -0.2) is 0 Å². The molecule has 0 amide bonds. The summed E-state index contributed by atoms with van der Waals surface area (Å²) in [4.78, 5) is 0. The number of aliphatic hydroxyl groups is 1. The number of hydrogen-bond acceptors (Lipinski definition) is 1. The van der Waals surface area contributed by atoms with Crippen molar-refractivity contribution in [2.75, 3.05) is 45.8 Å². The summed E-state index contributed by atoms with van der Waals surface area (Å²) < 4.78 is 2.22. The van der Waals surface area contributed by atoms with Gasteiger partial charge >= 0.3 is 0 Å². The summed E-state index contributed by atoms with van der Waals surface area (Å²) in [5.41, 5.74) is 0. The third-order valence-corrected chi connectivity index (χ3v) is 8.67. The van der Waals surface area contributed by atoms with Crippen LogP contribution in [0.2, 0.25) is 0 Å². The molecule has 3 nitrogen and oxygen atoms in total. The zero-order valence-electron chi connectivity index (χ0n) is 18.7. The van der Waals surface area contributed by atoms with Crippen LogP contribution in [-0.2, 0) is 0 Å². The molecule has 3 heteroatoms. The molecule has 0 bridgehead atoms. The molecule has 2 saturated heterocycles. The lowest BCUT2D eigenvalue weighted by atomic mass is 9.92. The molecule has 0 aromatic carbocycles. The molecule has 2 fully saturated rings. The van der Waals surface area contributed by atoms with Crippen molar-refractivity contribution >= 4 is 0 Å². The van der Waals surface area contributed by atoms with Gasteiger partial charge in [0.1, 0.15) is 0 Å². The van der Waals surface area contributed by atoms with E-state index in [-0.39, 0.29) is 6.23 Å². The third-order valence-electron chi connectivity index (χ3n) is 8.67. The number of quaternary nitrogens is 2. The lowest BCUT2D eigenvalue weighted by Crippen LogP contribution is -2.56. The Morgan fingerprint density at radius 1 is 0.692 bits per heavy atom. The van der Waals surface area contributed by atoms with E-state index in [4.69, 9.17) is 0 Å². The normalized spacial score (nSPS) is 41.7. The molecule has 0 aliphatic carbocycles. The highest BCUT2D eigenvalue weighted by Gasteiger charge is 2.48. The van der Waals surface area contributed by atoms with E-state index in [1.807, 2.05) is 0 Å². The molecule has 26 heavy (non-hydrogen) atoms. The number of rotatable bonds is 10. The van der Waals surface area contributed by atoms with Crippen molar-refractivity contribution in [1.29, 1.82) is 0 Å². The van der Waals surface area contributed by atoms with Gasteiger partial charge in [-0.05, 0) is 39.5 Å². The van der Waals surface area contributed by atoms with Crippen LogP contribution in [0.5, 0.6) is 0 Å². The van der Waals surface area contributed by atoms with Crippen molar-refractivity contribution in [3.8, 4) is 0 Å². The number of likely N-dealkylation sites (tertiary alicyclic amines) is 2. The van der Waals surface area contributed by atoms with Gasteiger partial charge in [0, 0.05) is 23.7 Å². The predicted molar refractivity (Wildman–Crippen MR) is 112 cm³/mol. The highest BCUT2D eigenvalue weighted by atomic mass is 16.3. The van der Waals surface area contributed by atoms with Crippen molar-refractivity contribution in [3.63, 3.8) is 0 Å². The molecule has 0 spiro atoms. The molecular weight excluding hydrogens is 320 g/mol. The topological polar surface area (TPSA) is 20.2 Å². The Kier molecular flexibility index (Phi) is 8.00. The van der Waals surface area contributed by atoms with Gasteiger partial charge in [0.25, 0.3) is 0 Å². The van der Waals surface area contributed by atoms with E-state index in [9.17, 15) is 5.11 Å². The summed E-state index contributed by atoms with van der Waals surface area (Å²) in [6, 6.07) is 0. The van der Waals surface area contributed by atoms with Gasteiger partial charge in [0.2, 0.25) is 0 Å². The van der Waals surface area contributed by atoms with Crippen molar-refractivity contribution < 1.29 is 14.1 Å². The second kappa shape index (κ2) is 9.39. The van der Waals surface area contributed by atoms with E-state index < -0.39 is 0 Å². The average Bonchev–Trinajstić information content (AvgIpc) is 3.25. The molecule has 5 atom stereocenters. The first kappa shape index (κ1) is 22.2. The van der Waals surface area contributed by atoms with Crippen molar-refractivity contribution in [2.24, 2.45) is 23.7 Å². The zero-order chi connectivity index (χ0) is 19.4. The molecule has 2 aliphatic rings. The van der Waals surface area contributed by atoms with Crippen LogP contribution in [0.4, 0.5) is 0 Å². The zero-order valence-corrected chi connectivity index (χ0v) is 18.7. The first-order valence-corrected chi connectivity index (χ1v) is 11.8. The molecule has 154 valence electrons. The smallest absolute Gasteiger partial charge is 0.196 e. The maximum atomic E-state index is 11.3. The molecule has 0 saturated carbocycles. The van der Waals surface area contributed by atoms with Gasteiger partial charge in [0.15, 0.2) is 6.23 Å². The molecule has 0 radical (unpaired) electrons. The van der Waals surface area contributed by atoms with Crippen LogP contribution in [-0.4, -0.2) is 66.1 Å². The van der Waals surface area contributed by atoms with Gasteiger partial charge in [-0.3, -0.25) is 4.48 Å². The molecule has 2 heterocycles. The van der Waals surface area contributed by atoms with E-state index in [1.165, 1.54) is 69.4 Å². The number of aliphatic hydroxyl groups excluding tert-OH is 1. The second-order valence-electron chi connectivity index (χ2n) is 9.59. The van der Waals surface area contributed by atoms with E-state index >= 15 is 0 Å². The van der Waals surface area contributed by atoms with E-state index in [0.29, 0.717) is 0 Å². The average molecular weight is 369 g/mol. The van der Waals surface area contributed by atoms with Gasteiger partial charge in [0.05, 0.1) is 52.2 Å². The molecule has 2 rings (SSSR count). The highest BCUT2D eigenvalue weighted by molar-refractivity contribution is 4.77. The molecule has 0 aromatic rings. The van der Waals surface area contributed by atoms with E-state index in [1.54, 1.807) is 0 Å². The van der Waals surface area contributed by atoms with E-state index in [2.05, 4.69) is 41.5 Å². The summed E-state index contributed by atoms with van der Waals surface area (Å²) in [6.07, 6.45) is 6.03. The Morgan fingerprint density at radius 2 is 1.12 bits per heavy atom. The Bertz CT molecular complexity index is 400. The molecule has 5 unspecified atom stereocenters. The first-order chi connectivity index (χ1) is 12.4. The minimum Gasteiger partial charge on any atom is -0.345 e. The minimum atomic E-state index is -0.159. The predicted octanol–water partition coefficient (Wildman–Crippen LogP) is 4.50. The second-order valence-corrected chi connectivity index (χ2v) is 9.59. The molecular formula is C23H48N2O+2. The maximum Gasteiger partial charge on any atom is 0.196 e. The van der Waals surface area contributed by atoms with Crippen LogP contribution in [0, 0.1) is 23.7 Å². The lowest BCUT2D eigenvalue weighted by molar-refractivity contribution is -0.970. The van der Waals surface area contributed by atoms with Crippen LogP contribution in [0.15, 0.2) is 0 Å². The van der Waals surface area contributed by atoms with Crippen LogP contribution in [0.1, 0.15) is 73.6 Å². The van der Waals surface area contributed by atoms with Crippen LogP contribution < -0.4 is 0 Å². The summed E-state index contributed by atoms with van der Waals surface area (Å²) in [6.45, 7) is 22.7. The molecule has 1 N–H and O–H groups in total. The SMILES string of the molecule is CCC1C[N+](CC)(CCC(O)[N+]2(CC)CC(CC)C(CC)C2)CC1CC. The fourth-order valence-electron chi connectivity index (χ4n) is 6.50. The monoisotopic (exact) mass is 368 g/mol. The largest absolute Gasteiger partial charge is 0.345 e. The highest BCUT2D eigenvalue weighted by Crippen LogP contribution is 2.38. The third kappa shape index (κ3) is 4.31. The molecule has 0 aromatic heterocycles. The van der Waals surface area contributed by atoms with Crippen LogP contribution >= 0.6 is 0 Å². The Labute approximate surface area is 163 Å². The summed E-state index contributed by atoms with van der Waals surface area (Å²) in [5.74, 6) is 3.41. The van der Waals surface area contributed by atoms with Crippen molar-refractivity contribution in [3.05, 3.63) is 0 Å². The Morgan fingerprint density at radius 3 is 1.46 bits per heavy atom. The quantitative estimate of drug-likeness (QED) is 0.563. The van der Waals surface area contributed by atoms with Crippen molar-refractivity contribution in [2.45, 2.75) is 79.9 Å². The fraction of sp³-hybridized carbons (Fsp3) is 1.00. The van der Waals surface area contributed by atoms with Gasteiger partial charge in [-0.2, -0.15) is 0 Å². The Balaban J connectivity index is 2.03. The number of hydrogen-bond donors (Lipinski definition) is 1. The van der Waals surface area contributed by atoms with Gasteiger partial charge < -0.3 is 9.59 Å². The molecule has 2 aliphatic heterocycles. The summed E-state index contributed by atoms with van der Waals surface area (Å²) in [5, 5.41) is 11.3. The first-order valence-electron chi connectivity index (χ1n) is 11.8. The Hall–Kier alpha value is -0.120. The van der Waals surface area contributed by atoms with Crippen LogP contribution in [0.3, 0.4) is 0 Å². The van der Waals surface area contributed by atoms with Crippen LogP contribution in [0.25, 0.3) is 0 Å². The minimum absolute atomic E-state index is 0.159. The van der Waals surface area contributed by atoms with E-state index in [0.717, 1.165) is 41.1 Å². The summed E-state index contributed by atoms with van der Waals surface area (Å²) in [7, 11) is 0.